The first-order valence-corrected chi connectivity index (χ1v) is 11.3. The van der Waals surface area contributed by atoms with Gasteiger partial charge in [-0.1, -0.05) is 13.8 Å². The Morgan fingerprint density at radius 2 is 1.80 bits per heavy atom. The zero-order chi connectivity index (χ0) is 27.6. The molecular weight excluding hydrogens is 460 g/mol. The summed E-state index contributed by atoms with van der Waals surface area (Å²) >= 11 is 0. The van der Waals surface area contributed by atoms with Gasteiger partial charge in [-0.25, -0.2) is 4.79 Å². The van der Waals surface area contributed by atoms with Crippen LogP contribution in [0.3, 0.4) is 0 Å². The lowest BCUT2D eigenvalue weighted by Crippen LogP contribution is -2.49. The Bertz CT molecular complexity index is 692. The number of nitrogens with one attached hydrogen (secondary N) is 1. The second kappa shape index (κ2) is 19.5. The van der Waals surface area contributed by atoms with Gasteiger partial charge in [0.25, 0.3) is 0 Å². The Morgan fingerprint density at radius 3 is 2.23 bits per heavy atom. The molecule has 8 N–H and O–H groups in total. The number of hydrogen-bond acceptors (Lipinski definition) is 12. The van der Waals surface area contributed by atoms with Crippen LogP contribution >= 0.6 is 0 Å². The van der Waals surface area contributed by atoms with Crippen molar-refractivity contribution in [1.82, 2.24) is 5.43 Å². The summed E-state index contributed by atoms with van der Waals surface area (Å²) in [6.45, 7) is 10.2. The van der Waals surface area contributed by atoms with Crippen LogP contribution in [-0.2, 0) is 33.3 Å². The Hall–Kier alpha value is -2.83. The Labute approximate surface area is 208 Å². The van der Waals surface area contributed by atoms with Gasteiger partial charge >= 0.3 is 17.9 Å². The largest absolute Gasteiger partial charge is 0.478 e. The van der Waals surface area contributed by atoms with Gasteiger partial charge in [-0.15, -0.1) is 0 Å². The summed E-state index contributed by atoms with van der Waals surface area (Å²) < 4.78 is 20.1. The molecule has 1 aliphatic heterocycles. The van der Waals surface area contributed by atoms with Gasteiger partial charge in [0.2, 0.25) is 5.76 Å². The SMILES string of the molecule is CC(C)C/C(N)=C/NN.CC(C)O.COC(=O)C1=CCC(N)C(C(CCOC(C)=O)OC(C)=O)O1. The van der Waals surface area contributed by atoms with Crippen molar-refractivity contribution in [3.8, 4) is 0 Å². The van der Waals surface area contributed by atoms with Crippen molar-refractivity contribution in [1.29, 1.82) is 0 Å². The minimum atomic E-state index is -0.736. The molecule has 0 bridgehead atoms. The Morgan fingerprint density at radius 1 is 1.23 bits per heavy atom. The third kappa shape index (κ3) is 19.2. The van der Waals surface area contributed by atoms with Gasteiger partial charge in [0, 0.05) is 44.3 Å². The fraction of sp³-hybridized carbons (Fsp3) is 0.696. The molecule has 12 nitrogen and oxygen atoms in total. The van der Waals surface area contributed by atoms with Crippen molar-refractivity contribution < 1.29 is 38.4 Å². The second-order valence-corrected chi connectivity index (χ2v) is 8.40. The molecule has 0 aromatic heterocycles. The van der Waals surface area contributed by atoms with Crippen molar-refractivity contribution in [2.45, 2.75) is 85.2 Å². The van der Waals surface area contributed by atoms with Gasteiger partial charge < -0.3 is 40.9 Å². The van der Waals surface area contributed by atoms with Gasteiger partial charge in [-0.3, -0.25) is 15.4 Å². The minimum Gasteiger partial charge on any atom is -0.478 e. The number of hydrogen-bond donors (Lipinski definition) is 5. The van der Waals surface area contributed by atoms with Crippen LogP contribution in [0, 0.1) is 5.92 Å². The van der Waals surface area contributed by atoms with E-state index < -0.39 is 36.2 Å². The molecule has 12 heteroatoms. The molecule has 0 saturated carbocycles. The molecule has 1 heterocycles. The van der Waals surface area contributed by atoms with Crippen LogP contribution in [0.15, 0.2) is 23.7 Å². The molecule has 1 aliphatic rings. The van der Waals surface area contributed by atoms with Crippen molar-refractivity contribution >= 4 is 17.9 Å². The molecule has 0 aromatic carbocycles. The van der Waals surface area contributed by atoms with Crippen LogP contribution in [-0.4, -0.2) is 61.1 Å². The number of nitrogens with two attached hydrogens (primary N) is 3. The van der Waals surface area contributed by atoms with E-state index in [0.717, 1.165) is 12.1 Å². The lowest BCUT2D eigenvalue weighted by molar-refractivity contribution is -0.159. The monoisotopic (exact) mass is 504 g/mol. The lowest BCUT2D eigenvalue weighted by Gasteiger charge is -2.34. The molecule has 0 saturated heterocycles. The van der Waals surface area contributed by atoms with Crippen molar-refractivity contribution in [2.75, 3.05) is 13.7 Å². The van der Waals surface area contributed by atoms with Gasteiger partial charge in [0.1, 0.15) is 6.10 Å². The molecule has 35 heavy (non-hydrogen) atoms. The van der Waals surface area contributed by atoms with Crippen LogP contribution in [0.25, 0.3) is 0 Å². The maximum Gasteiger partial charge on any atom is 0.372 e. The van der Waals surface area contributed by atoms with Gasteiger partial charge in [-0.2, -0.15) is 0 Å². The number of hydrazine groups is 1. The molecule has 0 aliphatic carbocycles. The highest BCUT2D eigenvalue weighted by Gasteiger charge is 2.36. The fourth-order valence-corrected chi connectivity index (χ4v) is 2.70. The molecule has 0 aromatic rings. The van der Waals surface area contributed by atoms with E-state index in [4.69, 9.17) is 36.6 Å². The number of allylic oxidation sites excluding steroid dienone is 1. The molecule has 0 spiro atoms. The third-order valence-electron chi connectivity index (χ3n) is 3.95. The second-order valence-electron chi connectivity index (χ2n) is 8.40. The van der Waals surface area contributed by atoms with Gasteiger partial charge in [-0.05, 0) is 38.7 Å². The highest BCUT2D eigenvalue weighted by Crippen LogP contribution is 2.23. The molecule has 0 fully saturated rings. The molecule has 3 atom stereocenters. The summed E-state index contributed by atoms with van der Waals surface area (Å²) in [5.41, 5.74) is 14.7. The number of carbonyl (C=O) groups excluding carboxylic acids is 3. The number of rotatable bonds is 9. The summed E-state index contributed by atoms with van der Waals surface area (Å²) in [5.74, 6) is 4.04. The normalized spacial score (nSPS) is 17.9. The summed E-state index contributed by atoms with van der Waals surface area (Å²) in [6, 6.07) is -0.463. The van der Waals surface area contributed by atoms with Gasteiger partial charge in [0.05, 0.1) is 13.7 Å². The predicted molar refractivity (Wildman–Crippen MR) is 131 cm³/mol. The summed E-state index contributed by atoms with van der Waals surface area (Å²) in [6.07, 6.45) is 3.00. The number of esters is 3. The highest BCUT2D eigenvalue weighted by molar-refractivity contribution is 5.86. The number of aliphatic hydroxyl groups excluding tert-OH is 1. The molecule has 204 valence electrons. The van der Waals surface area contributed by atoms with E-state index >= 15 is 0 Å². The Balaban J connectivity index is 0. The summed E-state index contributed by atoms with van der Waals surface area (Å²) in [4.78, 5) is 33.6. The lowest BCUT2D eigenvalue weighted by atomic mass is 9.98. The number of aliphatic hydroxyl groups is 1. The van der Waals surface area contributed by atoms with E-state index in [2.05, 4.69) is 24.0 Å². The zero-order valence-corrected chi connectivity index (χ0v) is 21.9. The van der Waals surface area contributed by atoms with E-state index in [1.165, 1.54) is 27.0 Å². The van der Waals surface area contributed by atoms with Crippen LogP contribution in [0.5, 0.6) is 0 Å². The van der Waals surface area contributed by atoms with Crippen molar-refractivity contribution in [3.05, 3.63) is 23.7 Å². The summed E-state index contributed by atoms with van der Waals surface area (Å²) in [5, 5.41) is 8.06. The van der Waals surface area contributed by atoms with E-state index in [9.17, 15) is 14.4 Å². The average molecular weight is 505 g/mol. The molecule has 0 radical (unpaired) electrons. The third-order valence-corrected chi connectivity index (χ3v) is 3.95. The number of ether oxygens (including phenoxy) is 4. The van der Waals surface area contributed by atoms with Gasteiger partial charge in [0.15, 0.2) is 6.10 Å². The van der Waals surface area contributed by atoms with E-state index in [1.807, 2.05) is 0 Å². The Kier molecular flexibility index (Phi) is 19.1. The molecular formula is C23H44N4O8. The van der Waals surface area contributed by atoms with Crippen LogP contribution in [0.4, 0.5) is 0 Å². The van der Waals surface area contributed by atoms with Crippen molar-refractivity contribution in [2.24, 2.45) is 23.2 Å². The van der Waals surface area contributed by atoms with Crippen LogP contribution in [0.1, 0.15) is 60.8 Å². The number of methoxy groups -OCH3 is 1. The van der Waals surface area contributed by atoms with E-state index in [-0.39, 0.29) is 24.9 Å². The zero-order valence-electron chi connectivity index (χ0n) is 21.9. The predicted octanol–water partition coefficient (Wildman–Crippen LogP) is 0.727. The quantitative estimate of drug-likeness (QED) is 0.128. The first-order chi connectivity index (χ1) is 16.2. The smallest absolute Gasteiger partial charge is 0.372 e. The maximum atomic E-state index is 11.5. The molecule has 0 amide bonds. The topological polar surface area (TPSA) is 198 Å². The van der Waals surface area contributed by atoms with E-state index in [0.29, 0.717) is 12.3 Å². The first-order valence-electron chi connectivity index (χ1n) is 11.3. The summed E-state index contributed by atoms with van der Waals surface area (Å²) in [7, 11) is 1.24. The van der Waals surface area contributed by atoms with E-state index in [1.54, 1.807) is 20.0 Å². The minimum absolute atomic E-state index is 0.0267. The van der Waals surface area contributed by atoms with Crippen molar-refractivity contribution in [3.63, 3.8) is 0 Å². The first kappa shape index (κ1) is 34.3. The standard InChI is InChI=1S/C14H21NO7.C6H15N3.C3H8O/c1-8(16)20-7-6-11(21-9(2)17)13-10(15)4-5-12(22-13)14(18)19-3;1-5(2)3-6(7)4-9-8;1-3(2)4/h5,10-11,13H,4,6-7,15H2,1-3H3;4-5,9H,3,7-8H2,1-2H3;3-4H,1-2H3/b;6-4-;. The number of carbonyl (C=O) groups is 3. The molecule has 1 rings (SSSR count). The average Bonchev–Trinajstić information content (AvgIpc) is 2.72. The molecule has 3 unspecified atom stereocenters. The maximum absolute atomic E-state index is 11.5. The highest BCUT2D eigenvalue weighted by atomic mass is 16.6. The fourth-order valence-electron chi connectivity index (χ4n) is 2.70. The van der Waals surface area contributed by atoms with Crippen LogP contribution in [0.2, 0.25) is 0 Å². The van der Waals surface area contributed by atoms with Crippen LogP contribution < -0.4 is 22.7 Å².